The van der Waals surface area contributed by atoms with Gasteiger partial charge in [0, 0.05) is 6.04 Å². The van der Waals surface area contributed by atoms with Gasteiger partial charge in [0.15, 0.2) is 0 Å². The van der Waals surface area contributed by atoms with E-state index in [0.29, 0.717) is 6.42 Å². The fourth-order valence-corrected chi connectivity index (χ4v) is 2.27. The molecule has 0 radical (unpaired) electrons. The molecule has 0 aromatic heterocycles. The highest BCUT2D eigenvalue weighted by Crippen LogP contribution is 2.17. The molecule has 1 aromatic carbocycles. The van der Waals surface area contributed by atoms with Gasteiger partial charge in [0.2, 0.25) is 0 Å². The largest absolute Gasteiger partial charge is 0.480 e. The second-order valence-electron chi connectivity index (χ2n) is 6.02. The fourth-order valence-electron chi connectivity index (χ4n) is 2.27. The third kappa shape index (κ3) is 5.39. The van der Waals surface area contributed by atoms with Crippen LogP contribution in [0.15, 0.2) is 30.3 Å². The highest BCUT2D eigenvalue weighted by molar-refractivity contribution is 5.80. The van der Waals surface area contributed by atoms with Gasteiger partial charge in [-0.1, -0.05) is 44.2 Å². The lowest BCUT2D eigenvalue weighted by molar-refractivity contribution is -0.144. The lowest BCUT2D eigenvalue weighted by Gasteiger charge is -2.32. The normalized spacial score (nSPS) is 12.3. The van der Waals surface area contributed by atoms with Crippen LogP contribution in [0.4, 0.5) is 4.79 Å². The van der Waals surface area contributed by atoms with E-state index in [1.807, 2.05) is 44.2 Å². The van der Waals surface area contributed by atoms with Gasteiger partial charge < -0.3 is 9.84 Å². The van der Waals surface area contributed by atoms with Crippen molar-refractivity contribution in [3.05, 3.63) is 35.9 Å². The van der Waals surface area contributed by atoms with Crippen LogP contribution in [0.2, 0.25) is 0 Å². The number of aliphatic carboxylic acids is 1. The summed E-state index contributed by atoms with van der Waals surface area (Å²) in [5, 5.41) is 9.43. The van der Waals surface area contributed by atoms with Gasteiger partial charge in [-0.25, -0.2) is 9.59 Å². The maximum atomic E-state index is 12.3. The lowest BCUT2D eigenvalue weighted by Crippen LogP contribution is -2.49. The van der Waals surface area contributed by atoms with E-state index in [9.17, 15) is 14.7 Å². The molecule has 0 heterocycles. The van der Waals surface area contributed by atoms with Crippen LogP contribution in [-0.4, -0.2) is 34.2 Å². The molecule has 0 aliphatic carbocycles. The first-order valence-electron chi connectivity index (χ1n) is 7.54. The molecular weight excluding hydrogens is 282 g/mol. The van der Waals surface area contributed by atoms with Crippen molar-refractivity contribution in [2.45, 2.75) is 52.8 Å². The predicted octanol–water partition coefficient (Wildman–Crippen LogP) is 3.53. The highest BCUT2D eigenvalue weighted by Gasteiger charge is 2.33. The Labute approximate surface area is 131 Å². The molecule has 1 rings (SSSR count). The summed E-state index contributed by atoms with van der Waals surface area (Å²) in [4.78, 5) is 25.1. The molecule has 0 aliphatic rings. The topological polar surface area (TPSA) is 66.8 Å². The summed E-state index contributed by atoms with van der Waals surface area (Å²) in [6.45, 7) is 7.59. The van der Waals surface area contributed by atoms with Crippen LogP contribution in [0.3, 0.4) is 0 Å². The summed E-state index contributed by atoms with van der Waals surface area (Å²) >= 11 is 0. The number of ether oxygens (including phenoxy) is 1. The molecule has 122 valence electrons. The van der Waals surface area contributed by atoms with Crippen LogP contribution < -0.4 is 0 Å². The summed E-state index contributed by atoms with van der Waals surface area (Å²) in [5.41, 5.74) is 0.871. The maximum absolute atomic E-state index is 12.3. The van der Waals surface area contributed by atoms with Crippen molar-refractivity contribution in [3.63, 3.8) is 0 Å². The number of hydrogen-bond acceptors (Lipinski definition) is 3. The number of carboxylic acids is 1. The molecule has 1 aromatic rings. The number of rotatable bonds is 7. The first-order valence-corrected chi connectivity index (χ1v) is 7.54. The molecule has 1 amide bonds. The minimum atomic E-state index is -1.00. The Balaban J connectivity index is 2.79. The van der Waals surface area contributed by atoms with Crippen molar-refractivity contribution in [2.75, 3.05) is 0 Å². The monoisotopic (exact) mass is 307 g/mol. The Morgan fingerprint density at radius 2 is 1.73 bits per heavy atom. The van der Waals surface area contributed by atoms with E-state index >= 15 is 0 Å². The summed E-state index contributed by atoms with van der Waals surface area (Å²) < 4.78 is 5.29. The quantitative estimate of drug-likeness (QED) is 0.836. The van der Waals surface area contributed by atoms with E-state index in [4.69, 9.17) is 4.74 Å². The number of amides is 1. The molecule has 0 saturated carbocycles. The lowest BCUT2D eigenvalue weighted by atomic mass is 10.0. The van der Waals surface area contributed by atoms with Crippen LogP contribution in [0.25, 0.3) is 0 Å². The predicted molar refractivity (Wildman–Crippen MR) is 84.5 cm³/mol. The van der Waals surface area contributed by atoms with E-state index in [0.717, 1.165) is 5.56 Å². The Morgan fingerprint density at radius 1 is 1.14 bits per heavy atom. The van der Waals surface area contributed by atoms with Gasteiger partial charge in [0.25, 0.3) is 0 Å². The number of carbonyl (C=O) groups is 2. The van der Waals surface area contributed by atoms with Crippen molar-refractivity contribution < 1.29 is 19.4 Å². The van der Waals surface area contributed by atoms with Gasteiger partial charge in [-0.15, -0.1) is 0 Å². The molecule has 0 spiro atoms. The van der Waals surface area contributed by atoms with Crippen LogP contribution >= 0.6 is 0 Å². The van der Waals surface area contributed by atoms with Gasteiger partial charge in [-0.3, -0.25) is 4.90 Å². The SMILES string of the molecule is CC(C)CC(C(=O)O)N(C(=O)OCc1ccccc1)C(C)C. The first-order chi connectivity index (χ1) is 10.3. The van der Waals surface area contributed by atoms with Gasteiger partial charge >= 0.3 is 12.1 Å². The van der Waals surface area contributed by atoms with E-state index in [2.05, 4.69) is 0 Å². The van der Waals surface area contributed by atoms with Crippen molar-refractivity contribution in [3.8, 4) is 0 Å². The van der Waals surface area contributed by atoms with Crippen molar-refractivity contribution in [2.24, 2.45) is 5.92 Å². The minimum absolute atomic E-state index is 0.136. The molecule has 0 bridgehead atoms. The zero-order chi connectivity index (χ0) is 16.7. The second kappa shape index (κ2) is 8.41. The number of carbonyl (C=O) groups excluding carboxylic acids is 1. The van der Waals surface area contributed by atoms with Gasteiger partial charge in [-0.2, -0.15) is 0 Å². The summed E-state index contributed by atoms with van der Waals surface area (Å²) in [6, 6.07) is 8.21. The second-order valence-corrected chi connectivity index (χ2v) is 6.02. The van der Waals surface area contributed by atoms with E-state index in [-0.39, 0.29) is 18.6 Å². The zero-order valence-electron chi connectivity index (χ0n) is 13.7. The molecular formula is C17H25NO4. The summed E-state index contributed by atoms with van der Waals surface area (Å²) in [6.07, 6.45) is -0.194. The van der Waals surface area contributed by atoms with E-state index in [1.165, 1.54) is 4.90 Å². The molecule has 0 fully saturated rings. The molecule has 1 N–H and O–H groups in total. The molecule has 0 saturated heterocycles. The average Bonchev–Trinajstić information content (AvgIpc) is 2.44. The molecule has 0 aliphatic heterocycles. The molecule has 22 heavy (non-hydrogen) atoms. The Hall–Kier alpha value is -2.04. The van der Waals surface area contributed by atoms with Crippen LogP contribution in [0, 0.1) is 5.92 Å². The van der Waals surface area contributed by atoms with Gasteiger partial charge in [0.1, 0.15) is 12.6 Å². The van der Waals surface area contributed by atoms with Crippen LogP contribution in [0.1, 0.15) is 39.7 Å². The van der Waals surface area contributed by atoms with Crippen molar-refractivity contribution in [1.82, 2.24) is 4.90 Å². The Morgan fingerprint density at radius 3 is 2.18 bits per heavy atom. The van der Waals surface area contributed by atoms with Crippen LogP contribution in [0.5, 0.6) is 0 Å². The average molecular weight is 307 g/mol. The van der Waals surface area contributed by atoms with E-state index in [1.54, 1.807) is 13.8 Å². The van der Waals surface area contributed by atoms with Crippen LogP contribution in [-0.2, 0) is 16.1 Å². The summed E-state index contributed by atoms with van der Waals surface area (Å²) in [7, 11) is 0. The Kier molecular flexibility index (Phi) is 6.89. The van der Waals surface area contributed by atoms with Gasteiger partial charge in [-0.05, 0) is 31.7 Å². The first kappa shape index (κ1) is 18.0. The zero-order valence-corrected chi connectivity index (χ0v) is 13.7. The number of hydrogen-bond donors (Lipinski definition) is 1. The highest BCUT2D eigenvalue weighted by atomic mass is 16.6. The standard InChI is InChI=1S/C17H25NO4/c1-12(2)10-15(16(19)20)18(13(3)4)17(21)22-11-14-8-6-5-7-9-14/h5-9,12-13,15H,10-11H2,1-4H3,(H,19,20). The summed E-state index contributed by atoms with van der Waals surface area (Å²) in [5.74, 6) is -0.830. The number of benzene rings is 1. The maximum Gasteiger partial charge on any atom is 0.411 e. The van der Waals surface area contributed by atoms with E-state index < -0.39 is 18.1 Å². The molecule has 1 atom stereocenters. The van der Waals surface area contributed by atoms with Crippen molar-refractivity contribution in [1.29, 1.82) is 0 Å². The molecule has 5 nitrogen and oxygen atoms in total. The minimum Gasteiger partial charge on any atom is -0.480 e. The molecule has 1 unspecified atom stereocenters. The van der Waals surface area contributed by atoms with Gasteiger partial charge in [0.05, 0.1) is 0 Å². The molecule has 5 heteroatoms. The Bertz CT molecular complexity index is 485. The van der Waals surface area contributed by atoms with Crippen molar-refractivity contribution >= 4 is 12.1 Å². The number of carboxylic acid groups (broad SMARTS) is 1. The smallest absolute Gasteiger partial charge is 0.411 e. The number of nitrogens with zero attached hydrogens (tertiary/aromatic N) is 1. The third-order valence-electron chi connectivity index (χ3n) is 3.29. The third-order valence-corrected chi connectivity index (χ3v) is 3.29. The fraction of sp³-hybridized carbons (Fsp3) is 0.529.